The maximum Gasteiger partial charge on any atom is 0.144 e. The molecule has 0 aromatic heterocycles. The van der Waals surface area contributed by atoms with Crippen molar-refractivity contribution in [2.24, 2.45) is 0 Å². The summed E-state index contributed by atoms with van der Waals surface area (Å²) < 4.78 is 32.8. The minimum Gasteiger partial charge on any atom is -0.381 e. The van der Waals surface area contributed by atoms with Gasteiger partial charge in [0.2, 0.25) is 0 Å². The number of ether oxygens (including phenoxy) is 1. The van der Waals surface area contributed by atoms with E-state index in [4.69, 9.17) is 4.74 Å². The highest BCUT2D eigenvalue weighted by Crippen LogP contribution is 2.24. The van der Waals surface area contributed by atoms with Gasteiger partial charge in [-0.15, -0.1) is 0 Å². The zero-order valence-corrected chi connectivity index (χ0v) is 11.8. The fourth-order valence-electron chi connectivity index (χ4n) is 2.32. The number of rotatable bonds is 4. The second kappa shape index (κ2) is 6.08. The zero-order valence-electron chi connectivity index (χ0n) is 10.2. The molecule has 18 heavy (non-hydrogen) atoms. The standard InChI is InChI=1S/C13H16BrF2NO/c1-18-9-3-2-8(6-9)17-7-10-12(15)5-4-11(14)13(10)16/h4-5,8-9,17H,2-3,6-7H2,1H3. The normalized spacial score (nSPS) is 23.6. The van der Waals surface area contributed by atoms with Gasteiger partial charge in [-0.25, -0.2) is 8.78 Å². The van der Waals surface area contributed by atoms with E-state index in [1.54, 1.807) is 7.11 Å². The molecule has 1 aromatic rings. The molecular formula is C13H16BrF2NO. The van der Waals surface area contributed by atoms with Gasteiger partial charge in [0.1, 0.15) is 11.6 Å². The Morgan fingerprint density at radius 2 is 2.17 bits per heavy atom. The molecule has 2 unspecified atom stereocenters. The number of halogens is 3. The van der Waals surface area contributed by atoms with Gasteiger partial charge < -0.3 is 10.1 Å². The number of benzene rings is 1. The molecule has 0 heterocycles. The molecule has 0 amide bonds. The molecule has 0 spiro atoms. The Morgan fingerprint density at radius 3 is 2.83 bits per heavy atom. The summed E-state index contributed by atoms with van der Waals surface area (Å²) in [6.07, 6.45) is 3.14. The lowest BCUT2D eigenvalue weighted by molar-refractivity contribution is 0.107. The van der Waals surface area contributed by atoms with E-state index < -0.39 is 11.6 Å². The molecule has 2 atom stereocenters. The lowest BCUT2D eigenvalue weighted by Gasteiger charge is -2.14. The van der Waals surface area contributed by atoms with Gasteiger partial charge in [0.05, 0.1) is 10.6 Å². The van der Waals surface area contributed by atoms with E-state index in [0.29, 0.717) is 4.47 Å². The topological polar surface area (TPSA) is 21.3 Å². The molecule has 5 heteroatoms. The molecule has 0 radical (unpaired) electrons. The third-order valence-corrected chi connectivity index (χ3v) is 4.04. The summed E-state index contributed by atoms with van der Waals surface area (Å²) in [5.74, 6) is -1.03. The van der Waals surface area contributed by atoms with Crippen LogP contribution in [0.15, 0.2) is 16.6 Å². The molecule has 0 saturated heterocycles. The van der Waals surface area contributed by atoms with Crippen LogP contribution >= 0.6 is 15.9 Å². The van der Waals surface area contributed by atoms with Gasteiger partial charge in [-0.2, -0.15) is 0 Å². The van der Waals surface area contributed by atoms with Crippen molar-refractivity contribution in [1.29, 1.82) is 0 Å². The van der Waals surface area contributed by atoms with Crippen LogP contribution in [0.25, 0.3) is 0 Å². The highest BCUT2D eigenvalue weighted by molar-refractivity contribution is 9.10. The Hall–Kier alpha value is -0.520. The summed E-state index contributed by atoms with van der Waals surface area (Å²) in [7, 11) is 1.70. The smallest absolute Gasteiger partial charge is 0.144 e. The van der Waals surface area contributed by atoms with E-state index in [1.165, 1.54) is 12.1 Å². The third-order valence-electron chi connectivity index (χ3n) is 3.42. The van der Waals surface area contributed by atoms with Crippen molar-refractivity contribution in [2.45, 2.75) is 38.0 Å². The van der Waals surface area contributed by atoms with Crippen LogP contribution in [0, 0.1) is 11.6 Å². The van der Waals surface area contributed by atoms with Crippen LogP contribution in [0.1, 0.15) is 24.8 Å². The second-order valence-electron chi connectivity index (χ2n) is 4.57. The summed E-state index contributed by atoms with van der Waals surface area (Å²) >= 11 is 3.07. The Bertz CT molecular complexity index is 428. The Labute approximate surface area is 114 Å². The van der Waals surface area contributed by atoms with Gasteiger partial charge in [-0.1, -0.05) is 0 Å². The quantitative estimate of drug-likeness (QED) is 0.859. The molecule has 2 nitrogen and oxygen atoms in total. The largest absolute Gasteiger partial charge is 0.381 e. The fourth-order valence-corrected chi connectivity index (χ4v) is 2.69. The van der Waals surface area contributed by atoms with Crippen LogP contribution in [-0.2, 0) is 11.3 Å². The van der Waals surface area contributed by atoms with E-state index in [1.807, 2.05) is 0 Å². The van der Waals surface area contributed by atoms with Gasteiger partial charge in [0.15, 0.2) is 0 Å². The molecule has 2 rings (SSSR count). The molecule has 1 aliphatic carbocycles. The summed E-state index contributed by atoms with van der Waals surface area (Å²) in [6, 6.07) is 2.93. The lowest BCUT2D eigenvalue weighted by atomic mass is 10.1. The van der Waals surface area contributed by atoms with E-state index >= 15 is 0 Å². The summed E-state index contributed by atoms with van der Waals surface area (Å²) in [4.78, 5) is 0. The molecule has 1 fully saturated rings. The van der Waals surface area contributed by atoms with E-state index in [0.717, 1.165) is 19.3 Å². The van der Waals surface area contributed by atoms with Gasteiger partial charge >= 0.3 is 0 Å². The molecule has 0 bridgehead atoms. The lowest BCUT2D eigenvalue weighted by Crippen LogP contribution is -2.27. The highest BCUT2D eigenvalue weighted by Gasteiger charge is 2.24. The van der Waals surface area contributed by atoms with Crippen molar-refractivity contribution in [3.63, 3.8) is 0 Å². The van der Waals surface area contributed by atoms with Crippen LogP contribution in [-0.4, -0.2) is 19.3 Å². The first kappa shape index (κ1) is 13.9. The van der Waals surface area contributed by atoms with Crippen LogP contribution in [0.4, 0.5) is 8.78 Å². The first-order valence-corrected chi connectivity index (χ1v) is 6.79. The van der Waals surface area contributed by atoms with E-state index in [-0.39, 0.29) is 24.3 Å². The number of hydrogen-bond acceptors (Lipinski definition) is 2. The van der Waals surface area contributed by atoms with Crippen LogP contribution < -0.4 is 5.32 Å². The van der Waals surface area contributed by atoms with Gasteiger partial charge in [0, 0.05) is 25.3 Å². The first-order valence-electron chi connectivity index (χ1n) is 6.00. The maximum absolute atomic E-state index is 13.7. The summed E-state index contributed by atoms with van der Waals surface area (Å²) in [6.45, 7) is 0.207. The molecule has 1 aromatic carbocycles. The van der Waals surface area contributed by atoms with E-state index in [9.17, 15) is 8.78 Å². The average molecular weight is 320 g/mol. The van der Waals surface area contributed by atoms with E-state index in [2.05, 4.69) is 21.2 Å². The van der Waals surface area contributed by atoms with Crippen LogP contribution in [0.3, 0.4) is 0 Å². The van der Waals surface area contributed by atoms with Gasteiger partial charge in [-0.05, 0) is 47.3 Å². The maximum atomic E-state index is 13.7. The second-order valence-corrected chi connectivity index (χ2v) is 5.42. The molecule has 1 aliphatic rings. The molecule has 1 saturated carbocycles. The highest BCUT2D eigenvalue weighted by atomic mass is 79.9. The van der Waals surface area contributed by atoms with Crippen molar-refractivity contribution in [1.82, 2.24) is 5.32 Å². The molecule has 1 N–H and O–H groups in total. The minimum atomic E-state index is -0.524. The monoisotopic (exact) mass is 319 g/mol. The third kappa shape index (κ3) is 3.08. The van der Waals surface area contributed by atoms with Crippen molar-refractivity contribution in [3.05, 3.63) is 33.8 Å². The number of methoxy groups -OCH3 is 1. The first-order chi connectivity index (χ1) is 8.61. The molecular weight excluding hydrogens is 304 g/mol. The SMILES string of the molecule is COC1CCC(NCc2c(F)ccc(Br)c2F)C1. The number of nitrogens with one attached hydrogen (secondary N) is 1. The number of hydrogen-bond donors (Lipinski definition) is 1. The van der Waals surface area contributed by atoms with Crippen LogP contribution in [0.5, 0.6) is 0 Å². The van der Waals surface area contributed by atoms with Crippen molar-refractivity contribution >= 4 is 15.9 Å². The van der Waals surface area contributed by atoms with Crippen LogP contribution in [0.2, 0.25) is 0 Å². The van der Waals surface area contributed by atoms with Gasteiger partial charge in [0.25, 0.3) is 0 Å². The van der Waals surface area contributed by atoms with Crippen molar-refractivity contribution < 1.29 is 13.5 Å². The Morgan fingerprint density at radius 1 is 1.39 bits per heavy atom. The van der Waals surface area contributed by atoms with Gasteiger partial charge in [-0.3, -0.25) is 0 Å². The minimum absolute atomic E-state index is 0.0882. The predicted molar refractivity (Wildman–Crippen MR) is 69.3 cm³/mol. The molecule has 0 aliphatic heterocycles. The van der Waals surface area contributed by atoms with Crippen molar-refractivity contribution in [2.75, 3.05) is 7.11 Å². The predicted octanol–water partition coefficient (Wildman–Crippen LogP) is 3.38. The van der Waals surface area contributed by atoms with Crippen molar-refractivity contribution in [3.8, 4) is 0 Å². The Balaban J connectivity index is 1.97. The zero-order chi connectivity index (χ0) is 13.1. The summed E-state index contributed by atoms with van der Waals surface area (Å²) in [5, 5.41) is 3.19. The average Bonchev–Trinajstić information content (AvgIpc) is 2.82. The summed E-state index contributed by atoms with van der Waals surface area (Å²) in [5.41, 5.74) is 0.0882. The molecule has 100 valence electrons. The Kier molecular flexibility index (Phi) is 4.70. The fraction of sp³-hybridized carbons (Fsp3) is 0.538.